The van der Waals surface area contributed by atoms with Gasteiger partial charge in [-0.25, -0.2) is 0 Å². The van der Waals surface area contributed by atoms with E-state index in [0.717, 1.165) is 0 Å². The summed E-state index contributed by atoms with van der Waals surface area (Å²) >= 11 is 0. The van der Waals surface area contributed by atoms with E-state index in [2.05, 4.69) is 0 Å². The van der Waals surface area contributed by atoms with E-state index in [4.69, 9.17) is 24.1 Å². The van der Waals surface area contributed by atoms with Gasteiger partial charge in [0.1, 0.15) is 0 Å². The average Bonchev–Trinajstić information content (AvgIpc) is 2.03. The van der Waals surface area contributed by atoms with E-state index in [-0.39, 0.29) is 0 Å². The zero-order valence-corrected chi connectivity index (χ0v) is 7.81. The Balaban J connectivity index is 3.51. The van der Waals surface area contributed by atoms with Crippen LogP contribution in [0.2, 0.25) is 0 Å². The lowest BCUT2D eigenvalue weighted by atomic mass is 10.7. The lowest BCUT2D eigenvalue weighted by Crippen LogP contribution is -2.27. The summed E-state index contributed by atoms with van der Waals surface area (Å²) in [4.78, 5) is 0. The molecule has 0 aromatic heterocycles. The summed E-state index contributed by atoms with van der Waals surface area (Å²) < 4.78 is 19.1. The molecule has 0 aromatic carbocycles. The fourth-order valence-electron chi connectivity index (χ4n) is 0.471. The molecule has 0 aliphatic carbocycles. The molecule has 0 radical (unpaired) electrons. The van der Waals surface area contributed by atoms with Crippen molar-refractivity contribution >= 4 is 0 Å². The predicted molar refractivity (Wildman–Crippen MR) is 41.1 cm³/mol. The molecule has 0 amide bonds. The van der Waals surface area contributed by atoms with Crippen LogP contribution in [0, 0.1) is 0 Å². The Hall–Kier alpha value is -0.200. The lowest BCUT2D eigenvalue weighted by Gasteiger charge is -2.19. The van der Waals surface area contributed by atoms with Gasteiger partial charge in [-0.05, 0) is 13.8 Å². The number of hydrogen-bond donors (Lipinski definition) is 1. The first-order chi connectivity index (χ1) is 5.60. The van der Waals surface area contributed by atoms with Gasteiger partial charge in [0.2, 0.25) is 0 Å². The Morgan fingerprint density at radius 1 is 0.917 bits per heavy atom. The fraction of sp³-hybridized carbons (Fsp3) is 1.00. The van der Waals surface area contributed by atoms with Crippen molar-refractivity contribution in [2.24, 2.45) is 0 Å². The highest BCUT2D eigenvalue weighted by molar-refractivity contribution is 4.30. The topological polar surface area (TPSA) is 57.2 Å². The second-order valence-corrected chi connectivity index (χ2v) is 2.19. The Morgan fingerprint density at radius 2 is 1.25 bits per heavy atom. The molecule has 74 valence electrons. The Kier molecular flexibility index (Phi) is 6.23. The molecule has 0 aliphatic rings. The SMILES string of the molecule is COC(C)OC(O)OC(C)OC. The predicted octanol–water partition coefficient (Wildman–Crippen LogP) is 0.280. The van der Waals surface area contributed by atoms with E-state index in [1.54, 1.807) is 13.8 Å². The maximum absolute atomic E-state index is 9.05. The molecule has 0 saturated heterocycles. The molecule has 1 N–H and O–H groups in total. The van der Waals surface area contributed by atoms with Crippen molar-refractivity contribution in [1.29, 1.82) is 0 Å². The molecule has 0 heterocycles. The van der Waals surface area contributed by atoms with Crippen LogP contribution < -0.4 is 0 Å². The van der Waals surface area contributed by atoms with Crippen molar-refractivity contribution < 1.29 is 24.1 Å². The first-order valence-electron chi connectivity index (χ1n) is 3.64. The maximum Gasteiger partial charge on any atom is 0.273 e. The molecule has 5 heteroatoms. The van der Waals surface area contributed by atoms with E-state index >= 15 is 0 Å². The minimum Gasteiger partial charge on any atom is -0.356 e. The second-order valence-electron chi connectivity index (χ2n) is 2.19. The van der Waals surface area contributed by atoms with Crippen LogP contribution >= 0.6 is 0 Å². The third-order valence-electron chi connectivity index (χ3n) is 1.28. The van der Waals surface area contributed by atoms with Gasteiger partial charge in [0.25, 0.3) is 6.48 Å². The number of rotatable bonds is 6. The van der Waals surface area contributed by atoms with Crippen molar-refractivity contribution in [3.63, 3.8) is 0 Å². The Labute approximate surface area is 72.2 Å². The average molecular weight is 180 g/mol. The first-order valence-corrected chi connectivity index (χ1v) is 3.64. The molecule has 0 rings (SSSR count). The Bertz CT molecular complexity index is 96.0. The maximum atomic E-state index is 9.05. The minimum atomic E-state index is -1.32. The summed E-state index contributed by atoms with van der Waals surface area (Å²) in [5.74, 6) is 0. The Morgan fingerprint density at radius 3 is 1.50 bits per heavy atom. The molecular formula is C7H16O5. The van der Waals surface area contributed by atoms with Crippen LogP contribution in [0.3, 0.4) is 0 Å². The van der Waals surface area contributed by atoms with E-state index in [9.17, 15) is 0 Å². The molecular weight excluding hydrogens is 164 g/mol. The fourth-order valence-corrected chi connectivity index (χ4v) is 0.471. The second kappa shape index (κ2) is 6.33. The van der Waals surface area contributed by atoms with Crippen LogP contribution in [0.1, 0.15) is 13.8 Å². The summed E-state index contributed by atoms with van der Waals surface area (Å²) in [6, 6.07) is 0. The highest BCUT2D eigenvalue weighted by atomic mass is 16.9. The zero-order chi connectivity index (χ0) is 9.56. The zero-order valence-electron chi connectivity index (χ0n) is 7.81. The summed E-state index contributed by atoms with van der Waals surface area (Å²) in [5.41, 5.74) is 0. The number of methoxy groups -OCH3 is 2. The minimum absolute atomic E-state index is 0.510. The van der Waals surface area contributed by atoms with Gasteiger partial charge in [-0.15, -0.1) is 0 Å². The molecule has 0 saturated carbocycles. The summed E-state index contributed by atoms with van der Waals surface area (Å²) in [7, 11) is 2.94. The lowest BCUT2D eigenvalue weighted by molar-refractivity contribution is -0.352. The van der Waals surface area contributed by atoms with Gasteiger partial charge in [-0.1, -0.05) is 0 Å². The van der Waals surface area contributed by atoms with Gasteiger partial charge in [-0.3, -0.25) is 0 Å². The van der Waals surface area contributed by atoms with E-state index in [1.807, 2.05) is 0 Å². The number of hydrogen-bond acceptors (Lipinski definition) is 5. The monoisotopic (exact) mass is 180 g/mol. The van der Waals surface area contributed by atoms with E-state index in [1.165, 1.54) is 14.2 Å². The molecule has 0 fully saturated rings. The van der Waals surface area contributed by atoms with Crippen LogP contribution in [0.25, 0.3) is 0 Å². The van der Waals surface area contributed by atoms with Crippen molar-refractivity contribution in [3.8, 4) is 0 Å². The highest BCUT2D eigenvalue weighted by Crippen LogP contribution is 2.01. The van der Waals surface area contributed by atoms with Gasteiger partial charge in [0.05, 0.1) is 0 Å². The molecule has 0 spiro atoms. The van der Waals surface area contributed by atoms with Crippen molar-refractivity contribution in [2.75, 3.05) is 14.2 Å². The number of aliphatic hydroxyl groups is 1. The quantitative estimate of drug-likeness (QED) is 0.595. The first kappa shape index (κ1) is 11.8. The van der Waals surface area contributed by atoms with Crippen molar-refractivity contribution in [2.45, 2.75) is 32.9 Å². The summed E-state index contributed by atoms with van der Waals surface area (Å²) in [6.07, 6.45) is -1.02. The normalized spacial score (nSPS) is 18.8. The highest BCUT2D eigenvalue weighted by Gasteiger charge is 2.12. The van der Waals surface area contributed by atoms with Crippen molar-refractivity contribution in [1.82, 2.24) is 0 Å². The van der Waals surface area contributed by atoms with Crippen LogP contribution in [0.4, 0.5) is 0 Å². The molecule has 0 aliphatic heterocycles. The molecule has 2 atom stereocenters. The van der Waals surface area contributed by atoms with Crippen LogP contribution in [-0.4, -0.2) is 38.4 Å². The standard InChI is InChI=1S/C7H16O5/c1-5(9-3)11-7(8)12-6(2)10-4/h5-8H,1-4H3. The largest absolute Gasteiger partial charge is 0.356 e. The molecule has 0 aromatic rings. The van der Waals surface area contributed by atoms with Crippen LogP contribution in [-0.2, 0) is 18.9 Å². The van der Waals surface area contributed by atoms with E-state index < -0.39 is 19.1 Å². The molecule has 5 nitrogen and oxygen atoms in total. The third kappa shape index (κ3) is 5.45. The van der Waals surface area contributed by atoms with Crippen LogP contribution in [0.15, 0.2) is 0 Å². The number of ether oxygens (including phenoxy) is 4. The number of aliphatic hydroxyl groups excluding tert-OH is 1. The summed E-state index contributed by atoms with van der Waals surface area (Å²) in [6.45, 7) is 1.96. The molecule has 0 bridgehead atoms. The smallest absolute Gasteiger partial charge is 0.273 e. The van der Waals surface area contributed by atoms with Crippen molar-refractivity contribution in [3.05, 3.63) is 0 Å². The van der Waals surface area contributed by atoms with Gasteiger partial charge < -0.3 is 24.1 Å². The van der Waals surface area contributed by atoms with Gasteiger partial charge in [0.15, 0.2) is 12.6 Å². The van der Waals surface area contributed by atoms with E-state index in [0.29, 0.717) is 0 Å². The molecule has 2 unspecified atom stereocenters. The van der Waals surface area contributed by atoms with Gasteiger partial charge in [-0.2, -0.15) is 0 Å². The van der Waals surface area contributed by atoms with Gasteiger partial charge >= 0.3 is 0 Å². The summed E-state index contributed by atoms with van der Waals surface area (Å²) in [5, 5.41) is 9.05. The van der Waals surface area contributed by atoms with Crippen LogP contribution in [0.5, 0.6) is 0 Å². The van der Waals surface area contributed by atoms with Gasteiger partial charge in [0, 0.05) is 14.2 Å². The third-order valence-corrected chi connectivity index (χ3v) is 1.28. The molecule has 12 heavy (non-hydrogen) atoms.